The van der Waals surface area contributed by atoms with Crippen molar-refractivity contribution in [2.24, 2.45) is 0 Å². The first-order chi connectivity index (χ1) is 17.4. The number of hydrogen-bond donors (Lipinski definition) is 1. The number of hydrogen-bond acceptors (Lipinski definition) is 6. The molecule has 8 heteroatoms. The second kappa shape index (κ2) is 13.9. The minimum absolute atomic E-state index is 0.0208. The van der Waals surface area contributed by atoms with Crippen molar-refractivity contribution in [1.82, 2.24) is 5.32 Å². The summed E-state index contributed by atoms with van der Waals surface area (Å²) in [7, 11) is 0. The van der Waals surface area contributed by atoms with Crippen LogP contribution < -0.4 is 10.1 Å². The number of amides is 1. The van der Waals surface area contributed by atoms with Crippen LogP contribution in [-0.4, -0.2) is 30.5 Å². The molecule has 0 heterocycles. The lowest BCUT2D eigenvalue weighted by Crippen LogP contribution is -2.44. The average molecular weight is 510 g/mol. The topological polar surface area (TPSA) is 90.9 Å². The van der Waals surface area contributed by atoms with Gasteiger partial charge in [0.15, 0.2) is 6.61 Å². The molecule has 3 rings (SSSR count). The van der Waals surface area contributed by atoms with Crippen LogP contribution in [0.25, 0.3) is 0 Å². The van der Waals surface area contributed by atoms with E-state index in [4.69, 9.17) is 25.8 Å². The highest BCUT2D eigenvalue weighted by molar-refractivity contribution is 6.30. The van der Waals surface area contributed by atoms with Crippen LogP contribution in [0.4, 0.5) is 0 Å². The summed E-state index contributed by atoms with van der Waals surface area (Å²) in [6, 6.07) is 22.5. The fourth-order valence-electron chi connectivity index (χ4n) is 3.30. The monoisotopic (exact) mass is 509 g/mol. The third-order valence-corrected chi connectivity index (χ3v) is 5.45. The van der Waals surface area contributed by atoms with Gasteiger partial charge in [0.25, 0.3) is 5.91 Å². The maximum absolute atomic E-state index is 12.8. The third-order valence-electron chi connectivity index (χ3n) is 5.22. The highest BCUT2D eigenvalue weighted by Crippen LogP contribution is 2.21. The van der Waals surface area contributed by atoms with Crippen molar-refractivity contribution in [1.29, 1.82) is 0 Å². The highest BCUT2D eigenvalue weighted by Gasteiger charge is 2.24. The first kappa shape index (κ1) is 26.8. The predicted molar refractivity (Wildman–Crippen MR) is 135 cm³/mol. The van der Waals surface area contributed by atoms with E-state index in [1.54, 1.807) is 18.2 Å². The van der Waals surface area contributed by atoms with Gasteiger partial charge in [-0.25, -0.2) is 4.79 Å². The second-order valence-electron chi connectivity index (χ2n) is 8.10. The van der Waals surface area contributed by atoms with Gasteiger partial charge in [-0.2, -0.15) is 0 Å². The van der Waals surface area contributed by atoms with Crippen LogP contribution in [0.2, 0.25) is 5.02 Å². The molecule has 36 heavy (non-hydrogen) atoms. The number of carbonyl (C=O) groups excluding carboxylic acids is 3. The highest BCUT2D eigenvalue weighted by atomic mass is 35.5. The van der Waals surface area contributed by atoms with Crippen molar-refractivity contribution in [2.75, 3.05) is 6.61 Å². The van der Waals surface area contributed by atoms with E-state index in [-0.39, 0.29) is 32.7 Å². The van der Waals surface area contributed by atoms with Gasteiger partial charge in [-0.05, 0) is 48.2 Å². The van der Waals surface area contributed by atoms with Gasteiger partial charge in [-0.15, -0.1) is 0 Å². The van der Waals surface area contributed by atoms with Gasteiger partial charge in [0, 0.05) is 11.4 Å². The molecule has 7 nitrogen and oxygen atoms in total. The third kappa shape index (κ3) is 9.07. The number of rotatable bonds is 12. The molecule has 0 aromatic heterocycles. The molecule has 0 aliphatic carbocycles. The van der Waals surface area contributed by atoms with Crippen molar-refractivity contribution in [3.05, 3.63) is 101 Å². The van der Waals surface area contributed by atoms with E-state index >= 15 is 0 Å². The van der Waals surface area contributed by atoms with Gasteiger partial charge < -0.3 is 19.5 Å². The Hall–Kier alpha value is -3.84. The van der Waals surface area contributed by atoms with Gasteiger partial charge in [0.2, 0.25) is 0 Å². The zero-order valence-corrected chi connectivity index (χ0v) is 20.7. The Bertz CT molecular complexity index is 1150. The molecule has 3 aromatic carbocycles. The molecule has 0 saturated carbocycles. The number of halogens is 1. The number of aryl methyl sites for hydroxylation is 1. The SMILES string of the molecule is Cc1cc(Cl)ccc1OCC(=O)N[C@@H](CCC(=O)OCc1ccccc1)C(=O)OCc1ccccc1. The van der Waals surface area contributed by atoms with E-state index < -0.39 is 23.9 Å². The second-order valence-corrected chi connectivity index (χ2v) is 8.53. The first-order valence-corrected chi connectivity index (χ1v) is 11.9. The molecular weight excluding hydrogens is 482 g/mol. The molecule has 0 aliphatic rings. The first-order valence-electron chi connectivity index (χ1n) is 11.5. The summed E-state index contributed by atoms with van der Waals surface area (Å²) in [4.78, 5) is 37.6. The summed E-state index contributed by atoms with van der Waals surface area (Å²) in [5.74, 6) is -1.15. The van der Waals surface area contributed by atoms with Crippen molar-refractivity contribution >= 4 is 29.4 Å². The quantitative estimate of drug-likeness (QED) is 0.353. The zero-order chi connectivity index (χ0) is 25.8. The minimum atomic E-state index is -1.04. The smallest absolute Gasteiger partial charge is 0.328 e. The molecule has 0 unspecified atom stereocenters. The van der Waals surface area contributed by atoms with E-state index in [1.807, 2.05) is 67.6 Å². The standard InChI is InChI=1S/C28H28ClNO6/c1-20-16-23(29)12-14-25(20)34-19-26(31)30-24(28(33)36-18-22-10-6-3-7-11-22)13-15-27(32)35-17-21-8-4-2-5-9-21/h2-12,14,16,24H,13,15,17-19H2,1H3,(H,30,31)/t24-/m0/s1. The average Bonchev–Trinajstić information content (AvgIpc) is 2.89. The number of carbonyl (C=O) groups is 3. The molecule has 1 N–H and O–H groups in total. The van der Waals surface area contributed by atoms with Crippen LogP contribution in [0, 0.1) is 6.92 Å². The van der Waals surface area contributed by atoms with Crippen molar-refractivity contribution in [3.8, 4) is 5.75 Å². The summed E-state index contributed by atoms with van der Waals surface area (Å²) in [5, 5.41) is 3.17. The molecule has 0 saturated heterocycles. The molecule has 0 radical (unpaired) electrons. The summed E-state index contributed by atoms with van der Waals surface area (Å²) in [6.07, 6.45) is -0.0532. The predicted octanol–water partition coefficient (Wildman–Crippen LogP) is 4.78. The summed E-state index contributed by atoms with van der Waals surface area (Å²) in [6.45, 7) is 1.67. The molecular formula is C28H28ClNO6. The molecule has 1 atom stereocenters. The van der Waals surface area contributed by atoms with E-state index in [9.17, 15) is 14.4 Å². The molecule has 0 fully saturated rings. The Morgan fingerprint density at radius 3 is 2.08 bits per heavy atom. The van der Waals surface area contributed by atoms with Gasteiger partial charge in [-0.1, -0.05) is 72.3 Å². The molecule has 0 aliphatic heterocycles. The van der Waals surface area contributed by atoms with E-state index in [0.29, 0.717) is 10.8 Å². The lowest BCUT2D eigenvalue weighted by atomic mass is 10.1. The van der Waals surface area contributed by atoms with Crippen molar-refractivity contribution in [3.63, 3.8) is 0 Å². The lowest BCUT2D eigenvalue weighted by Gasteiger charge is -2.18. The Morgan fingerprint density at radius 1 is 0.861 bits per heavy atom. The number of nitrogens with one attached hydrogen (secondary N) is 1. The Balaban J connectivity index is 1.55. The van der Waals surface area contributed by atoms with E-state index in [0.717, 1.165) is 16.7 Å². The van der Waals surface area contributed by atoms with Gasteiger partial charge in [0.1, 0.15) is 25.0 Å². The molecule has 3 aromatic rings. The van der Waals surface area contributed by atoms with Crippen molar-refractivity contribution in [2.45, 2.75) is 39.0 Å². The maximum atomic E-state index is 12.8. The van der Waals surface area contributed by atoms with Crippen LogP contribution in [0.5, 0.6) is 5.75 Å². The minimum Gasteiger partial charge on any atom is -0.484 e. The van der Waals surface area contributed by atoms with Gasteiger partial charge in [0.05, 0.1) is 0 Å². The fraction of sp³-hybridized carbons (Fsp3) is 0.250. The van der Waals surface area contributed by atoms with Gasteiger partial charge in [-0.3, -0.25) is 9.59 Å². The van der Waals surface area contributed by atoms with Crippen LogP contribution in [0.1, 0.15) is 29.5 Å². The van der Waals surface area contributed by atoms with Crippen molar-refractivity contribution < 1.29 is 28.6 Å². The maximum Gasteiger partial charge on any atom is 0.328 e. The Kier molecular flexibility index (Phi) is 10.3. The van der Waals surface area contributed by atoms with E-state index in [2.05, 4.69) is 5.32 Å². The molecule has 188 valence electrons. The summed E-state index contributed by atoms with van der Waals surface area (Å²) >= 11 is 5.95. The number of esters is 2. The number of ether oxygens (including phenoxy) is 3. The molecule has 0 spiro atoms. The Labute approximate surface area is 215 Å². The largest absolute Gasteiger partial charge is 0.484 e. The lowest BCUT2D eigenvalue weighted by molar-refractivity contribution is -0.150. The van der Waals surface area contributed by atoms with Crippen LogP contribution >= 0.6 is 11.6 Å². The van der Waals surface area contributed by atoms with Gasteiger partial charge >= 0.3 is 11.9 Å². The molecule has 1 amide bonds. The van der Waals surface area contributed by atoms with Crippen LogP contribution in [0.3, 0.4) is 0 Å². The molecule has 0 bridgehead atoms. The van der Waals surface area contributed by atoms with E-state index in [1.165, 1.54) is 0 Å². The van der Waals surface area contributed by atoms with Crippen LogP contribution in [-0.2, 0) is 37.1 Å². The summed E-state index contributed by atoms with van der Waals surface area (Å²) < 4.78 is 16.2. The number of benzene rings is 3. The normalized spacial score (nSPS) is 11.3. The fourth-order valence-corrected chi connectivity index (χ4v) is 3.53. The Morgan fingerprint density at radius 2 is 1.47 bits per heavy atom. The van der Waals surface area contributed by atoms with Crippen LogP contribution in [0.15, 0.2) is 78.9 Å². The zero-order valence-electron chi connectivity index (χ0n) is 19.9. The summed E-state index contributed by atoms with van der Waals surface area (Å²) in [5.41, 5.74) is 2.43.